The van der Waals surface area contributed by atoms with Crippen molar-refractivity contribution in [1.82, 2.24) is 0 Å². The largest absolute Gasteiger partial charge is 0.756 e. The van der Waals surface area contributed by atoms with Crippen LogP contribution in [0, 0.1) is 0 Å². The van der Waals surface area contributed by atoms with Crippen LogP contribution in [0.2, 0.25) is 5.02 Å². The predicted molar refractivity (Wildman–Crippen MR) is 88.7 cm³/mol. The van der Waals surface area contributed by atoms with Gasteiger partial charge in [-0.1, -0.05) is 11.6 Å². The highest BCUT2D eigenvalue weighted by atomic mass is 79.9. The summed E-state index contributed by atoms with van der Waals surface area (Å²) in [7, 11) is 0.783. The molecule has 0 aromatic heterocycles. The number of hydrogen-bond donors (Lipinski definition) is 1. The van der Waals surface area contributed by atoms with E-state index in [9.17, 15) is 9.46 Å². The fourth-order valence-corrected chi connectivity index (χ4v) is 3.20. The monoisotopic (exact) mass is 426 g/mol. The van der Waals surface area contributed by atoms with Crippen LogP contribution in [0.15, 0.2) is 21.6 Å². The second-order valence-electron chi connectivity index (χ2n) is 6.10. The molecular formula is C13H17BrClN2O5P. The number of aliphatic imine (C=N–C) groups is 1. The summed E-state index contributed by atoms with van der Waals surface area (Å²) in [5.41, 5.74) is 0.650. The first-order valence-electron chi connectivity index (χ1n) is 6.66. The third kappa shape index (κ3) is 4.61. The van der Waals surface area contributed by atoms with Gasteiger partial charge >= 0.3 is 0 Å². The van der Waals surface area contributed by atoms with Gasteiger partial charge < -0.3 is 19.0 Å². The Labute approximate surface area is 147 Å². The van der Waals surface area contributed by atoms with Crippen LogP contribution in [0.3, 0.4) is 0 Å². The number of halogens is 2. The molecule has 0 spiro atoms. The Bertz CT molecular complexity index is 688. The van der Waals surface area contributed by atoms with Crippen molar-refractivity contribution < 1.29 is 28.1 Å². The van der Waals surface area contributed by atoms with Crippen LogP contribution >= 0.6 is 35.4 Å². The summed E-state index contributed by atoms with van der Waals surface area (Å²) in [6, 6.07) is 3.32. The number of fused-ring (bicyclic) bond motifs is 1. The van der Waals surface area contributed by atoms with E-state index >= 15 is 0 Å². The lowest BCUT2D eigenvalue weighted by Gasteiger charge is -2.33. The fraction of sp³-hybridized carbons (Fsp3) is 0.462. The third-order valence-corrected chi connectivity index (χ3v) is 4.91. The molecule has 1 aromatic rings. The molecule has 1 aliphatic heterocycles. The number of phosphoric acid groups is 1. The van der Waals surface area contributed by atoms with Gasteiger partial charge in [0, 0.05) is 4.47 Å². The van der Waals surface area contributed by atoms with Crippen LogP contribution in [0.1, 0.15) is 5.56 Å². The third-order valence-electron chi connectivity index (χ3n) is 3.12. The van der Waals surface area contributed by atoms with E-state index in [1.807, 2.05) is 21.1 Å². The summed E-state index contributed by atoms with van der Waals surface area (Å²) in [5.74, 6) is -1.88. The van der Waals surface area contributed by atoms with Gasteiger partial charge in [-0.25, -0.2) is 0 Å². The summed E-state index contributed by atoms with van der Waals surface area (Å²) in [6.45, 7) is 0.742. The van der Waals surface area contributed by atoms with Crippen molar-refractivity contribution in [2.75, 3.05) is 34.3 Å². The van der Waals surface area contributed by atoms with Gasteiger partial charge in [0.1, 0.15) is 6.54 Å². The van der Waals surface area contributed by atoms with Crippen LogP contribution in [0.4, 0.5) is 5.69 Å². The highest BCUT2D eigenvalue weighted by Gasteiger charge is 2.44. The molecule has 1 aliphatic rings. The van der Waals surface area contributed by atoms with Gasteiger partial charge in [-0.05, 0) is 28.1 Å². The number of hydrogen-bond acceptors (Lipinski definition) is 5. The van der Waals surface area contributed by atoms with Crippen molar-refractivity contribution in [1.29, 1.82) is 0 Å². The van der Waals surface area contributed by atoms with Gasteiger partial charge in [0.05, 0.1) is 50.2 Å². The first kappa shape index (κ1) is 19.0. The molecule has 1 heterocycles. The van der Waals surface area contributed by atoms with Crippen LogP contribution in [-0.2, 0) is 19.6 Å². The number of phosphoric ester groups is 1. The van der Waals surface area contributed by atoms with Crippen molar-refractivity contribution in [3.05, 3.63) is 27.2 Å². The molecule has 1 N–H and O–H groups in total. The zero-order chi connectivity index (χ0) is 17.5. The highest BCUT2D eigenvalue weighted by Crippen LogP contribution is 2.51. The normalized spacial score (nSPS) is 22.9. The maximum absolute atomic E-state index is 11.3. The summed E-state index contributed by atoms with van der Waals surface area (Å²) >= 11 is 9.53. The van der Waals surface area contributed by atoms with E-state index in [0.717, 1.165) is 0 Å². The van der Waals surface area contributed by atoms with E-state index in [0.29, 0.717) is 21.2 Å². The lowest BCUT2D eigenvalue weighted by atomic mass is 10.1. The number of rotatable bonds is 6. The zero-order valence-corrected chi connectivity index (χ0v) is 16.1. The Morgan fingerprint density at radius 1 is 1.48 bits per heavy atom. The Morgan fingerprint density at radius 2 is 2.13 bits per heavy atom. The fourth-order valence-electron chi connectivity index (χ4n) is 2.05. The van der Waals surface area contributed by atoms with E-state index < -0.39 is 13.6 Å². The first-order valence-corrected chi connectivity index (χ1v) is 9.33. The van der Waals surface area contributed by atoms with Crippen molar-refractivity contribution in [3.63, 3.8) is 0 Å². The Hall–Kier alpha value is -0.310. The molecule has 7 nitrogen and oxygen atoms in total. The molecule has 0 amide bonds. The first-order chi connectivity index (χ1) is 10.4. The molecule has 0 radical (unpaired) electrons. The topological polar surface area (TPSA) is 91.2 Å². The minimum atomic E-state index is -5.10. The Kier molecular flexibility index (Phi) is 5.41. The second kappa shape index (κ2) is 6.54. The van der Waals surface area contributed by atoms with Crippen molar-refractivity contribution in [2.24, 2.45) is 4.99 Å². The van der Waals surface area contributed by atoms with Crippen LogP contribution in [-0.4, -0.2) is 49.9 Å². The number of quaternary nitrogens is 1. The van der Waals surface area contributed by atoms with E-state index in [2.05, 4.69) is 20.9 Å². The van der Waals surface area contributed by atoms with E-state index in [-0.39, 0.29) is 17.2 Å². The summed E-state index contributed by atoms with van der Waals surface area (Å²) in [5, 5.41) is 0.207. The Morgan fingerprint density at radius 3 is 2.70 bits per heavy atom. The molecule has 2 unspecified atom stereocenters. The smallest absolute Gasteiger partial charge is 0.268 e. The van der Waals surface area contributed by atoms with Crippen LogP contribution in [0.5, 0.6) is 0 Å². The summed E-state index contributed by atoms with van der Waals surface area (Å²) in [4.78, 5) is 24.6. The molecule has 2 rings (SSSR count). The predicted octanol–water partition coefficient (Wildman–Crippen LogP) is 2.17. The maximum atomic E-state index is 11.3. The molecule has 0 bridgehead atoms. The quantitative estimate of drug-likeness (QED) is 0.427. The number of nitrogens with zero attached hydrogens (tertiary/aromatic N) is 2. The minimum absolute atomic E-state index is 0.164. The van der Waals surface area contributed by atoms with Crippen molar-refractivity contribution >= 4 is 47.3 Å². The zero-order valence-electron chi connectivity index (χ0n) is 12.8. The minimum Gasteiger partial charge on any atom is -0.756 e. The molecule has 2 atom stereocenters. The highest BCUT2D eigenvalue weighted by molar-refractivity contribution is 9.10. The van der Waals surface area contributed by atoms with Crippen molar-refractivity contribution in [3.8, 4) is 0 Å². The van der Waals surface area contributed by atoms with Crippen LogP contribution in [0.25, 0.3) is 0 Å². The molecular weight excluding hydrogens is 410 g/mol. The maximum Gasteiger partial charge on any atom is 0.268 e. The lowest BCUT2D eigenvalue weighted by molar-refractivity contribution is -0.871. The van der Waals surface area contributed by atoms with Gasteiger partial charge in [-0.3, -0.25) is 14.1 Å². The van der Waals surface area contributed by atoms with E-state index in [4.69, 9.17) is 25.8 Å². The van der Waals surface area contributed by atoms with Crippen LogP contribution < -0.4 is 4.89 Å². The van der Waals surface area contributed by atoms with Gasteiger partial charge in [0.15, 0.2) is 0 Å². The molecule has 0 fully saturated rings. The molecule has 0 aliphatic carbocycles. The number of likely N-dealkylation sites (N-methyl/N-ethyl adjacent to an activating group) is 1. The lowest BCUT2D eigenvalue weighted by Crippen LogP contribution is -2.41. The Balaban J connectivity index is 2.41. The summed E-state index contributed by atoms with van der Waals surface area (Å²) in [6.07, 6.45) is 1.19. The van der Waals surface area contributed by atoms with Crippen molar-refractivity contribution in [2.45, 2.75) is 5.79 Å². The number of benzene rings is 1. The SMILES string of the molecule is C[N+](C)(C)CCOC1(OP(=O)([O-])O)C=Nc2ccc(Br)c(Cl)c21. The molecule has 0 saturated heterocycles. The standard InChI is InChI=1S/C13H17BrClN2O5P/c1-17(2,3)6-7-21-13(22-23(18,19)20)8-16-10-5-4-9(14)12(15)11(10)13/h4-5,8H,6-7H2,1-3H3,(H-,18,19,20). The van der Waals surface area contributed by atoms with Gasteiger partial charge in [-0.2, -0.15) is 0 Å². The molecule has 1 aromatic carbocycles. The molecule has 128 valence electrons. The average Bonchev–Trinajstić information content (AvgIpc) is 2.70. The van der Waals surface area contributed by atoms with Gasteiger partial charge in [-0.15, -0.1) is 0 Å². The molecule has 0 saturated carbocycles. The van der Waals surface area contributed by atoms with E-state index in [1.54, 1.807) is 12.1 Å². The average molecular weight is 428 g/mol. The molecule has 10 heteroatoms. The summed E-state index contributed by atoms with van der Waals surface area (Å²) < 4.78 is 23.0. The molecule has 23 heavy (non-hydrogen) atoms. The van der Waals surface area contributed by atoms with Gasteiger partial charge in [0.25, 0.3) is 7.82 Å². The van der Waals surface area contributed by atoms with Gasteiger partial charge in [0.2, 0.25) is 5.79 Å². The number of ether oxygens (including phenoxy) is 1. The van der Waals surface area contributed by atoms with E-state index in [1.165, 1.54) is 6.21 Å². The second-order valence-corrected chi connectivity index (χ2v) is 8.46.